The summed E-state index contributed by atoms with van der Waals surface area (Å²) >= 11 is 1.16. The Morgan fingerprint density at radius 2 is 2.00 bits per heavy atom. The lowest BCUT2D eigenvalue weighted by atomic mass is 10.3. The van der Waals surface area contributed by atoms with Crippen LogP contribution in [0.3, 0.4) is 0 Å². The topological polar surface area (TPSA) is 100 Å². The fourth-order valence-corrected chi connectivity index (χ4v) is 3.72. The van der Waals surface area contributed by atoms with Gasteiger partial charge in [0.1, 0.15) is 5.75 Å². The first-order valence-corrected chi connectivity index (χ1v) is 10.3. The minimum absolute atomic E-state index is 0.0128. The van der Waals surface area contributed by atoms with Crippen molar-refractivity contribution < 1.29 is 32.2 Å². The van der Waals surface area contributed by atoms with Gasteiger partial charge in [0.25, 0.3) is 0 Å². The van der Waals surface area contributed by atoms with Crippen LogP contribution in [0.25, 0.3) is 11.5 Å². The number of hydrogen-bond acceptors (Lipinski definition) is 8. The first-order chi connectivity index (χ1) is 15.3. The average Bonchev–Trinajstić information content (AvgIpc) is 3.39. The molecule has 0 spiro atoms. The number of benzene rings is 1. The molecule has 0 saturated carbocycles. The highest BCUT2D eigenvalue weighted by atomic mass is 32.2. The summed E-state index contributed by atoms with van der Waals surface area (Å²) in [5.74, 6) is 0.825. The zero-order valence-corrected chi connectivity index (χ0v) is 17.4. The summed E-state index contributed by atoms with van der Waals surface area (Å²) in [4.78, 5) is 16.6. The van der Waals surface area contributed by atoms with E-state index in [9.17, 15) is 18.0 Å². The van der Waals surface area contributed by atoms with E-state index in [0.717, 1.165) is 23.9 Å². The van der Waals surface area contributed by atoms with E-state index in [1.54, 1.807) is 16.8 Å². The molecular formula is C19H16F3N5O4S. The van der Waals surface area contributed by atoms with Gasteiger partial charge in [-0.25, -0.2) is 4.98 Å². The van der Waals surface area contributed by atoms with Crippen LogP contribution in [0.1, 0.15) is 6.92 Å². The standard InChI is InChI=1S/C19H16F3N5O4S/c1-2-27-17(15-16-13(7-8-23-15)29-10-30-16)25-26-18(27)32-9-14(28)24-11-3-5-12(6-4-11)31-19(20,21)22/h3-8H,2,9-10H2,1H3,(H,24,28). The van der Waals surface area contributed by atoms with Gasteiger partial charge in [-0.3, -0.25) is 4.79 Å². The van der Waals surface area contributed by atoms with Crippen LogP contribution >= 0.6 is 11.8 Å². The van der Waals surface area contributed by atoms with Gasteiger partial charge < -0.3 is 24.1 Å². The number of hydrogen-bond donors (Lipinski definition) is 1. The molecule has 0 bridgehead atoms. The molecule has 2 aromatic heterocycles. The molecule has 1 amide bonds. The lowest BCUT2D eigenvalue weighted by molar-refractivity contribution is -0.274. The SMILES string of the molecule is CCn1c(SCC(=O)Nc2ccc(OC(F)(F)F)cc2)nnc1-c1nccc2c1OCO2. The van der Waals surface area contributed by atoms with Crippen LogP contribution in [0, 0.1) is 0 Å². The van der Waals surface area contributed by atoms with E-state index < -0.39 is 6.36 Å². The van der Waals surface area contributed by atoms with Gasteiger partial charge in [0.2, 0.25) is 12.7 Å². The summed E-state index contributed by atoms with van der Waals surface area (Å²) in [6.07, 6.45) is -3.19. The highest BCUT2D eigenvalue weighted by Gasteiger charge is 2.31. The normalized spacial score (nSPS) is 12.6. The number of pyridine rings is 1. The number of halogens is 3. The molecule has 0 radical (unpaired) electrons. The Morgan fingerprint density at radius 3 is 2.72 bits per heavy atom. The van der Waals surface area contributed by atoms with Crippen molar-refractivity contribution in [2.45, 2.75) is 25.0 Å². The summed E-state index contributed by atoms with van der Waals surface area (Å²) in [5.41, 5.74) is 0.829. The number of anilines is 1. The first kappa shape index (κ1) is 21.7. The number of rotatable bonds is 7. The quantitative estimate of drug-likeness (QED) is 0.525. The second kappa shape index (κ2) is 8.94. The van der Waals surface area contributed by atoms with Gasteiger partial charge >= 0.3 is 6.36 Å². The Balaban J connectivity index is 1.40. The van der Waals surface area contributed by atoms with Crippen molar-refractivity contribution in [2.75, 3.05) is 17.9 Å². The minimum Gasteiger partial charge on any atom is -0.453 e. The van der Waals surface area contributed by atoms with Gasteiger partial charge in [0.15, 0.2) is 28.2 Å². The Labute approximate surface area is 183 Å². The van der Waals surface area contributed by atoms with E-state index in [0.29, 0.717) is 40.4 Å². The number of fused-ring (bicyclic) bond motifs is 1. The molecule has 1 aliphatic heterocycles. The zero-order chi connectivity index (χ0) is 22.7. The van der Waals surface area contributed by atoms with Crippen molar-refractivity contribution >= 4 is 23.4 Å². The van der Waals surface area contributed by atoms with Crippen molar-refractivity contribution in [1.29, 1.82) is 0 Å². The number of alkyl halides is 3. The summed E-state index contributed by atoms with van der Waals surface area (Å²) in [5, 5.41) is 11.5. The highest BCUT2D eigenvalue weighted by molar-refractivity contribution is 7.99. The number of ether oxygens (including phenoxy) is 3. The van der Waals surface area contributed by atoms with E-state index in [2.05, 4.69) is 25.2 Å². The van der Waals surface area contributed by atoms with Crippen molar-refractivity contribution in [2.24, 2.45) is 0 Å². The van der Waals surface area contributed by atoms with Crippen LogP contribution in [0.4, 0.5) is 18.9 Å². The van der Waals surface area contributed by atoms with Gasteiger partial charge in [-0.1, -0.05) is 11.8 Å². The third kappa shape index (κ3) is 4.88. The van der Waals surface area contributed by atoms with Crippen molar-refractivity contribution in [1.82, 2.24) is 19.7 Å². The molecule has 0 aliphatic carbocycles. The van der Waals surface area contributed by atoms with Crippen LogP contribution in [-0.2, 0) is 11.3 Å². The average molecular weight is 467 g/mol. The predicted molar refractivity (Wildman–Crippen MR) is 108 cm³/mol. The Hall–Kier alpha value is -3.48. The number of carbonyl (C=O) groups excluding carboxylic acids is 1. The van der Waals surface area contributed by atoms with Gasteiger partial charge in [-0.2, -0.15) is 0 Å². The van der Waals surface area contributed by atoms with Crippen LogP contribution < -0.4 is 19.5 Å². The zero-order valence-electron chi connectivity index (χ0n) is 16.5. The Bertz CT molecular complexity index is 1120. The molecule has 3 aromatic rings. The van der Waals surface area contributed by atoms with E-state index in [1.807, 2.05) is 6.92 Å². The molecule has 0 fully saturated rings. The first-order valence-electron chi connectivity index (χ1n) is 9.30. The molecule has 168 valence electrons. The molecule has 13 heteroatoms. The van der Waals surface area contributed by atoms with Gasteiger partial charge in [0.05, 0.1) is 5.75 Å². The number of nitrogens with one attached hydrogen (secondary N) is 1. The molecule has 32 heavy (non-hydrogen) atoms. The fraction of sp³-hybridized carbons (Fsp3) is 0.263. The van der Waals surface area contributed by atoms with E-state index in [4.69, 9.17) is 9.47 Å². The molecule has 1 aromatic carbocycles. The molecule has 1 aliphatic rings. The predicted octanol–water partition coefficient (Wildman–Crippen LogP) is 3.72. The monoisotopic (exact) mass is 467 g/mol. The van der Waals surface area contributed by atoms with Crippen molar-refractivity contribution in [3.63, 3.8) is 0 Å². The third-order valence-electron chi connectivity index (χ3n) is 4.23. The summed E-state index contributed by atoms with van der Waals surface area (Å²) < 4.78 is 53.1. The van der Waals surface area contributed by atoms with Crippen LogP contribution in [0.15, 0.2) is 41.7 Å². The lowest BCUT2D eigenvalue weighted by Crippen LogP contribution is -2.17. The molecule has 1 N–H and O–H groups in total. The minimum atomic E-state index is -4.77. The highest BCUT2D eigenvalue weighted by Crippen LogP contribution is 2.39. The summed E-state index contributed by atoms with van der Waals surface area (Å²) in [6, 6.07) is 6.57. The smallest absolute Gasteiger partial charge is 0.453 e. The van der Waals surface area contributed by atoms with E-state index in [1.165, 1.54) is 12.1 Å². The molecule has 9 nitrogen and oxygen atoms in total. The maximum absolute atomic E-state index is 12.3. The Morgan fingerprint density at radius 1 is 1.22 bits per heavy atom. The lowest BCUT2D eigenvalue weighted by Gasteiger charge is -2.10. The second-order valence-corrected chi connectivity index (χ2v) is 7.30. The van der Waals surface area contributed by atoms with Crippen LogP contribution in [0.5, 0.6) is 17.2 Å². The van der Waals surface area contributed by atoms with E-state index in [-0.39, 0.29) is 24.2 Å². The van der Waals surface area contributed by atoms with Gasteiger partial charge in [-0.15, -0.1) is 23.4 Å². The molecule has 0 atom stereocenters. The number of thioether (sulfide) groups is 1. The fourth-order valence-electron chi connectivity index (χ4n) is 2.92. The number of amides is 1. The summed E-state index contributed by atoms with van der Waals surface area (Å²) in [7, 11) is 0. The third-order valence-corrected chi connectivity index (χ3v) is 5.20. The summed E-state index contributed by atoms with van der Waals surface area (Å²) in [6.45, 7) is 2.53. The van der Waals surface area contributed by atoms with Crippen LogP contribution in [0.2, 0.25) is 0 Å². The number of carbonyl (C=O) groups is 1. The van der Waals surface area contributed by atoms with Crippen molar-refractivity contribution in [3.05, 3.63) is 36.5 Å². The van der Waals surface area contributed by atoms with Crippen molar-refractivity contribution in [3.8, 4) is 28.8 Å². The molecule has 0 unspecified atom stereocenters. The van der Waals surface area contributed by atoms with Gasteiger partial charge in [0, 0.05) is 24.5 Å². The number of nitrogens with zero attached hydrogens (tertiary/aromatic N) is 4. The van der Waals surface area contributed by atoms with Gasteiger partial charge in [-0.05, 0) is 31.2 Å². The second-order valence-electron chi connectivity index (χ2n) is 6.35. The van der Waals surface area contributed by atoms with Crippen LogP contribution in [-0.4, -0.2) is 44.6 Å². The molecular weight excluding hydrogens is 451 g/mol. The maximum Gasteiger partial charge on any atom is 0.573 e. The number of aromatic nitrogens is 4. The molecule has 0 saturated heterocycles. The Kier molecular flexibility index (Phi) is 6.08. The van der Waals surface area contributed by atoms with E-state index >= 15 is 0 Å². The largest absolute Gasteiger partial charge is 0.573 e. The molecule has 4 rings (SSSR count). The maximum atomic E-state index is 12.3. The molecule has 3 heterocycles.